The summed E-state index contributed by atoms with van der Waals surface area (Å²) in [7, 11) is 0. The fraction of sp³-hybridized carbons (Fsp3) is 0.180. The predicted octanol–water partition coefficient (Wildman–Crippen LogP) is 13.1. The second-order valence-electron chi connectivity index (χ2n) is 17.0. The van der Waals surface area contributed by atoms with Crippen LogP contribution in [0.3, 0.4) is 0 Å². The molecule has 0 radical (unpaired) electrons. The third-order valence-electron chi connectivity index (χ3n) is 11.3. The minimum atomic E-state index is -0.0475. The van der Waals surface area contributed by atoms with E-state index in [0.717, 1.165) is 57.3 Å². The van der Waals surface area contributed by atoms with E-state index < -0.39 is 0 Å². The first kappa shape index (κ1) is 34.0. The van der Waals surface area contributed by atoms with Crippen molar-refractivity contribution in [3.05, 3.63) is 157 Å². The van der Waals surface area contributed by atoms with Crippen LogP contribution in [0.5, 0.6) is 11.5 Å². The van der Waals surface area contributed by atoms with Crippen molar-refractivity contribution in [1.82, 2.24) is 14.1 Å². The first-order valence-electron chi connectivity index (χ1n) is 19.5. The molecule has 276 valence electrons. The summed E-state index contributed by atoms with van der Waals surface area (Å²) < 4.78 is 11.5. The number of aromatic nitrogens is 3. The number of rotatable bonds is 5. The van der Waals surface area contributed by atoms with Crippen LogP contribution in [0, 0.1) is 0 Å². The van der Waals surface area contributed by atoms with Crippen LogP contribution in [0.2, 0.25) is 0 Å². The van der Waals surface area contributed by atoms with E-state index in [1.807, 2.05) is 12.3 Å². The maximum Gasteiger partial charge on any atom is 0.137 e. The molecule has 1 aliphatic heterocycles. The molecular formula is C50H45N5O. The lowest BCUT2D eigenvalue weighted by atomic mass is 9.88. The number of anilines is 3. The number of para-hydroxylation sites is 4. The number of pyridine rings is 1. The van der Waals surface area contributed by atoms with Gasteiger partial charge < -0.3 is 19.1 Å². The van der Waals surface area contributed by atoms with Gasteiger partial charge in [-0.2, -0.15) is 0 Å². The lowest BCUT2D eigenvalue weighted by Crippen LogP contribution is -2.42. The summed E-state index contributed by atoms with van der Waals surface area (Å²) in [5.74, 6) is 2.45. The zero-order valence-electron chi connectivity index (χ0n) is 32.8. The molecule has 0 atom stereocenters. The Bertz CT molecular complexity index is 2960. The van der Waals surface area contributed by atoms with Gasteiger partial charge in [-0.25, -0.2) is 4.98 Å². The van der Waals surface area contributed by atoms with Gasteiger partial charge in [0.15, 0.2) is 0 Å². The van der Waals surface area contributed by atoms with Gasteiger partial charge in [0.1, 0.15) is 17.3 Å². The lowest BCUT2D eigenvalue weighted by molar-refractivity contribution is 0.483. The average molecular weight is 732 g/mol. The van der Waals surface area contributed by atoms with Crippen molar-refractivity contribution in [3.8, 4) is 23.0 Å². The van der Waals surface area contributed by atoms with Gasteiger partial charge in [0.2, 0.25) is 0 Å². The molecule has 3 aromatic heterocycles. The molecule has 9 aromatic rings. The molecule has 0 N–H and O–H groups in total. The number of benzene rings is 6. The Balaban J connectivity index is 1.16. The summed E-state index contributed by atoms with van der Waals surface area (Å²) in [5, 5.41) is 4.73. The van der Waals surface area contributed by atoms with Gasteiger partial charge in [0, 0.05) is 56.8 Å². The van der Waals surface area contributed by atoms with E-state index in [1.165, 1.54) is 38.6 Å². The second-order valence-corrected chi connectivity index (χ2v) is 17.0. The Kier molecular flexibility index (Phi) is 7.59. The van der Waals surface area contributed by atoms with Crippen molar-refractivity contribution in [1.29, 1.82) is 0 Å². The predicted molar refractivity (Wildman–Crippen MR) is 234 cm³/mol. The Morgan fingerprint density at radius 2 is 1.25 bits per heavy atom. The standard InChI is InChI=1S/C50H45N5O/c1-49(2,3)33-27-28-51-46(29-33)55-45-31-37(56-36-18-14-17-35(30-36)52-32-53(50(4,5)6)43-22-13-12-21-42(43)52)23-24-38(45)39-25-26-44-47(48(39)55)40-19-10-11-20-41(40)54(44)34-15-8-7-9-16-34/h7-31H,32H2,1-6H3. The highest BCUT2D eigenvalue weighted by Crippen LogP contribution is 2.46. The molecule has 0 saturated heterocycles. The molecule has 6 heteroatoms. The van der Waals surface area contributed by atoms with Gasteiger partial charge in [-0.15, -0.1) is 0 Å². The second kappa shape index (κ2) is 12.5. The van der Waals surface area contributed by atoms with Gasteiger partial charge in [0.05, 0.1) is 40.1 Å². The highest BCUT2D eigenvalue weighted by atomic mass is 16.5. The first-order chi connectivity index (χ1) is 27.0. The molecule has 0 amide bonds. The SMILES string of the molecule is CC(C)(C)c1ccnc(-n2c3cc(Oc4cccc(N5CN(C(C)(C)C)c6ccccc65)c4)ccc3c3ccc4c(c5ccccc5n4-c4ccccc4)c32)c1. The largest absolute Gasteiger partial charge is 0.457 e. The van der Waals surface area contributed by atoms with Crippen LogP contribution in [0.4, 0.5) is 17.1 Å². The quantitative estimate of drug-likeness (QED) is 0.177. The number of hydrogen-bond donors (Lipinski definition) is 0. The lowest BCUT2D eigenvalue weighted by Gasteiger charge is -2.34. The van der Waals surface area contributed by atoms with Crippen LogP contribution in [0.1, 0.15) is 47.1 Å². The topological polar surface area (TPSA) is 38.5 Å². The molecule has 6 aromatic carbocycles. The monoisotopic (exact) mass is 731 g/mol. The highest BCUT2D eigenvalue weighted by molar-refractivity contribution is 6.26. The third-order valence-corrected chi connectivity index (χ3v) is 11.3. The molecule has 0 fully saturated rings. The zero-order chi connectivity index (χ0) is 38.3. The summed E-state index contributed by atoms with van der Waals surface area (Å²) in [4.78, 5) is 9.90. The summed E-state index contributed by atoms with van der Waals surface area (Å²) >= 11 is 0. The summed E-state index contributed by atoms with van der Waals surface area (Å²) in [6.07, 6.45) is 1.95. The highest BCUT2D eigenvalue weighted by Gasteiger charge is 2.33. The maximum atomic E-state index is 6.78. The Labute approximate surface area is 327 Å². The van der Waals surface area contributed by atoms with Crippen molar-refractivity contribution < 1.29 is 4.74 Å². The maximum absolute atomic E-state index is 6.78. The number of ether oxygens (including phenoxy) is 1. The first-order valence-corrected chi connectivity index (χ1v) is 19.5. The fourth-order valence-electron chi connectivity index (χ4n) is 8.56. The average Bonchev–Trinajstić information content (AvgIpc) is 3.86. The van der Waals surface area contributed by atoms with Crippen LogP contribution in [0.25, 0.3) is 55.1 Å². The van der Waals surface area contributed by atoms with Crippen molar-refractivity contribution >= 4 is 60.7 Å². The van der Waals surface area contributed by atoms with E-state index >= 15 is 0 Å². The molecule has 0 unspecified atom stereocenters. The van der Waals surface area contributed by atoms with Crippen molar-refractivity contribution in [2.24, 2.45) is 0 Å². The van der Waals surface area contributed by atoms with Gasteiger partial charge in [-0.3, -0.25) is 4.57 Å². The van der Waals surface area contributed by atoms with Gasteiger partial charge in [-0.1, -0.05) is 81.4 Å². The molecule has 0 saturated carbocycles. The number of hydrogen-bond acceptors (Lipinski definition) is 4. The molecule has 4 heterocycles. The minimum Gasteiger partial charge on any atom is -0.457 e. The summed E-state index contributed by atoms with van der Waals surface area (Å²) in [5.41, 5.74) is 10.4. The number of nitrogens with zero attached hydrogens (tertiary/aromatic N) is 5. The Morgan fingerprint density at radius 1 is 0.536 bits per heavy atom. The van der Waals surface area contributed by atoms with E-state index in [9.17, 15) is 0 Å². The molecule has 1 aliphatic rings. The molecule has 6 nitrogen and oxygen atoms in total. The third kappa shape index (κ3) is 5.42. The summed E-state index contributed by atoms with van der Waals surface area (Å²) in [6, 6.07) is 51.9. The van der Waals surface area contributed by atoms with Gasteiger partial charge in [-0.05, 0) is 105 Å². The molecule has 56 heavy (non-hydrogen) atoms. The molecule has 10 rings (SSSR count). The fourth-order valence-corrected chi connectivity index (χ4v) is 8.56. The van der Waals surface area contributed by atoms with E-state index in [2.05, 4.69) is 200 Å². The van der Waals surface area contributed by atoms with E-state index in [-0.39, 0.29) is 11.0 Å². The van der Waals surface area contributed by atoms with Crippen LogP contribution >= 0.6 is 0 Å². The molecule has 0 aliphatic carbocycles. The normalized spacial score (nSPS) is 13.4. The van der Waals surface area contributed by atoms with Crippen LogP contribution in [-0.2, 0) is 5.41 Å². The van der Waals surface area contributed by atoms with Crippen LogP contribution in [-0.4, -0.2) is 26.3 Å². The van der Waals surface area contributed by atoms with E-state index in [0.29, 0.717) is 0 Å². The Hall–Kier alpha value is -6.53. The molecule has 0 bridgehead atoms. The summed E-state index contributed by atoms with van der Waals surface area (Å²) in [6.45, 7) is 14.3. The molecular weight excluding hydrogens is 687 g/mol. The van der Waals surface area contributed by atoms with Crippen LogP contribution < -0.4 is 14.5 Å². The zero-order valence-corrected chi connectivity index (χ0v) is 32.8. The smallest absolute Gasteiger partial charge is 0.137 e. The van der Waals surface area contributed by atoms with Gasteiger partial charge in [0.25, 0.3) is 0 Å². The van der Waals surface area contributed by atoms with Gasteiger partial charge >= 0.3 is 0 Å². The number of fused-ring (bicyclic) bond motifs is 8. The van der Waals surface area contributed by atoms with Crippen molar-refractivity contribution in [2.75, 3.05) is 16.5 Å². The molecule has 0 spiro atoms. The van der Waals surface area contributed by atoms with E-state index in [1.54, 1.807) is 0 Å². The Morgan fingerprint density at radius 3 is 2.05 bits per heavy atom. The minimum absolute atomic E-state index is 0.0177. The van der Waals surface area contributed by atoms with Crippen molar-refractivity contribution in [2.45, 2.75) is 52.5 Å². The van der Waals surface area contributed by atoms with Crippen molar-refractivity contribution in [3.63, 3.8) is 0 Å². The van der Waals surface area contributed by atoms with Crippen LogP contribution in [0.15, 0.2) is 152 Å². The van der Waals surface area contributed by atoms with E-state index in [4.69, 9.17) is 9.72 Å².